The van der Waals surface area contributed by atoms with Gasteiger partial charge in [-0.25, -0.2) is 0 Å². The van der Waals surface area contributed by atoms with Gasteiger partial charge in [0.25, 0.3) is 0 Å². The lowest BCUT2D eigenvalue weighted by Gasteiger charge is -2.32. The molecule has 4 nitrogen and oxygen atoms in total. The Morgan fingerprint density at radius 3 is 2.76 bits per heavy atom. The molecule has 4 N–H and O–H groups in total. The fourth-order valence-corrected chi connectivity index (χ4v) is 2.11. The Kier molecular flexibility index (Phi) is 3.54. The highest BCUT2D eigenvalue weighted by molar-refractivity contribution is 5.69. The van der Waals surface area contributed by atoms with E-state index >= 15 is 0 Å². The van der Waals surface area contributed by atoms with E-state index in [1.54, 1.807) is 0 Å². The number of aliphatic hydroxyl groups is 1. The van der Waals surface area contributed by atoms with Gasteiger partial charge < -0.3 is 20.9 Å². The molecule has 1 aliphatic rings. The van der Waals surface area contributed by atoms with Crippen molar-refractivity contribution in [3.8, 4) is 0 Å². The van der Waals surface area contributed by atoms with Crippen LogP contribution >= 0.6 is 0 Å². The molecule has 1 aromatic carbocycles. The largest absolute Gasteiger partial charge is 0.397 e. The third-order valence-electron chi connectivity index (χ3n) is 3.32. The van der Waals surface area contributed by atoms with Crippen LogP contribution in [0.4, 0.5) is 11.4 Å². The number of anilines is 2. The van der Waals surface area contributed by atoms with Crippen molar-refractivity contribution < 1.29 is 9.84 Å². The van der Waals surface area contributed by atoms with Gasteiger partial charge in [0.1, 0.15) is 0 Å². The van der Waals surface area contributed by atoms with Gasteiger partial charge >= 0.3 is 0 Å². The monoisotopic (exact) mass is 236 g/mol. The van der Waals surface area contributed by atoms with Gasteiger partial charge in [-0.15, -0.1) is 0 Å². The first kappa shape index (κ1) is 12.2. The third-order valence-corrected chi connectivity index (χ3v) is 3.32. The van der Waals surface area contributed by atoms with Gasteiger partial charge in [0, 0.05) is 32.6 Å². The van der Waals surface area contributed by atoms with Crippen LogP contribution < -0.4 is 11.1 Å². The van der Waals surface area contributed by atoms with Crippen molar-refractivity contribution in [3.63, 3.8) is 0 Å². The summed E-state index contributed by atoms with van der Waals surface area (Å²) in [6.07, 6.45) is 1.34. The molecule has 17 heavy (non-hydrogen) atoms. The molecule has 0 saturated carbocycles. The number of rotatable bonds is 3. The molecule has 0 unspecified atom stereocenters. The number of hydrogen-bond acceptors (Lipinski definition) is 4. The van der Waals surface area contributed by atoms with Gasteiger partial charge in [0.2, 0.25) is 0 Å². The van der Waals surface area contributed by atoms with Crippen molar-refractivity contribution >= 4 is 11.4 Å². The van der Waals surface area contributed by atoms with Gasteiger partial charge in [-0.2, -0.15) is 0 Å². The van der Waals surface area contributed by atoms with Crippen molar-refractivity contribution in [2.75, 3.05) is 30.8 Å². The Labute approximate surface area is 102 Å². The lowest BCUT2D eigenvalue weighted by atomic mass is 9.94. The molecule has 94 valence electrons. The van der Waals surface area contributed by atoms with Crippen LogP contribution in [-0.4, -0.2) is 30.5 Å². The van der Waals surface area contributed by atoms with Crippen molar-refractivity contribution in [1.29, 1.82) is 0 Å². The molecular formula is C13H20N2O2. The maximum absolute atomic E-state index is 10.3. The normalized spacial score (nSPS) is 18.9. The Hall–Kier alpha value is -1.26. The first-order valence-electron chi connectivity index (χ1n) is 6.00. The van der Waals surface area contributed by atoms with E-state index in [4.69, 9.17) is 10.5 Å². The number of benzene rings is 1. The second-order valence-electron chi connectivity index (χ2n) is 4.73. The quantitative estimate of drug-likeness (QED) is 0.696. The molecule has 1 fully saturated rings. The summed E-state index contributed by atoms with van der Waals surface area (Å²) in [5, 5.41) is 13.6. The summed E-state index contributed by atoms with van der Waals surface area (Å²) in [5.41, 5.74) is 7.98. The van der Waals surface area contributed by atoms with Crippen molar-refractivity contribution in [1.82, 2.24) is 0 Å². The van der Waals surface area contributed by atoms with Crippen LogP contribution in [0.25, 0.3) is 0 Å². The van der Waals surface area contributed by atoms with Crippen molar-refractivity contribution in [3.05, 3.63) is 23.8 Å². The molecule has 0 aromatic heterocycles. The van der Waals surface area contributed by atoms with E-state index in [9.17, 15) is 5.11 Å². The van der Waals surface area contributed by atoms with Crippen molar-refractivity contribution in [2.45, 2.75) is 25.4 Å². The summed E-state index contributed by atoms with van der Waals surface area (Å²) < 4.78 is 5.25. The predicted molar refractivity (Wildman–Crippen MR) is 69.1 cm³/mol. The van der Waals surface area contributed by atoms with Crippen LogP contribution in [0.15, 0.2) is 18.2 Å². The molecular weight excluding hydrogens is 216 g/mol. The number of hydrogen-bond donors (Lipinski definition) is 3. The number of nitrogen functional groups attached to an aromatic ring is 1. The maximum atomic E-state index is 10.3. The smallest absolute Gasteiger partial charge is 0.0863 e. The second kappa shape index (κ2) is 4.94. The van der Waals surface area contributed by atoms with Gasteiger partial charge in [0.15, 0.2) is 0 Å². The SMILES string of the molecule is Cc1cccc(N)c1NCC1(O)CCOCC1. The maximum Gasteiger partial charge on any atom is 0.0863 e. The zero-order valence-corrected chi connectivity index (χ0v) is 10.2. The molecule has 0 amide bonds. The van der Waals surface area contributed by atoms with Crippen LogP contribution in [-0.2, 0) is 4.74 Å². The Morgan fingerprint density at radius 2 is 2.12 bits per heavy atom. The minimum atomic E-state index is -0.674. The van der Waals surface area contributed by atoms with Crippen LogP contribution in [0.1, 0.15) is 18.4 Å². The number of para-hydroxylation sites is 1. The second-order valence-corrected chi connectivity index (χ2v) is 4.73. The molecule has 1 heterocycles. The first-order valence-corrected chi connectivity index (χ1v) is 6.00. The molecule has 0 spiro atoms. The molecule has 0 bridgehead atoms. The standard InChI is InChI=1S/C13H20N2O2/c1-10-3-2-4-11(14)12(10)15-9-13(16)5-7-17-8-6-13/h2-4,15-16H,5-9,14H2,1H3. The lowest BCUT2D eigenvalue weighted by Crippen LogP contribution is -2.42. The predicted octanol–water partition coefficient (Wildman–Crippen LogP) is 1.53. The van der Waals surface area contributed by atoms with Gasteiger partial charge in [-0.05, 0) is 18.6 Å². The van der Waals surface area contributed by atoms with Crippen LogP contribution in [0.3, 0.4) is 0 Å². The molecule has 2 rings (SSSR count). The summed E-state index contributed by atoms with van der Waals surface area (Å²) in [6, 6.07) is 5.80. The summed E-state index contributed by atoms with van der Waals surface area (Å²) in [6.45, 7) is 3.78. The number of aryl methyl sites for hydroxylation is 1. The fourth-order valence-electron chi connectivity index (χ4n) is 2.11. The summed E-state index contributed by atoms with van der Waals surface area (Å²) >= 11 is 0. The molecule has 4 heteroatoms. The first-order chi connectivity index (χ1) is 8.11. The number of ether oxygens (including phenoxy) is 1. The molecule has 0 atom stereocenters. The van der Waals surface area contributed by atoms with Crippen molar-refractivity contribution in [2.24, 2.45) is 0 Å². The van der Waals surface area contributed by atoms with Gasteiger partial charge in [0.05, 0.1) is 17.0 Å². The molecule has 1 saturated heterocycles. The summed E-state index contributed by atoms with van der Waals surface area (Å²) in [4.78, 5) is 0. The zero-order valence-electron chi connectivity index (χ0n) is 10.2. The molecule has 0 aliphatic carbocycles. The minimum absolute atomic E-state index is 0.519. The van der Waals surface area contributed by atoms with E-state index in [0.717, 1.165) is 16.9 Å². The molecule has 1 aliphatic heterocycles. The van der Waals surface area contributed by atoms with Crippen LogP contribution in [0, 0.1) is 6.92 Å². The average Bonchev–Trinajstić information content (AvgIpc) is 2.29. The topological polar surface area (TPSA) is 67.5 Å². The average molecular weight is 236 g/mol. The Bertz CT molecular complexity index is 367. The minimum Gasteiger partial charge on any atom is -0.397 e. The molecule has 0 radical (unpaired) electrons. The number of nitrogens with one attached hydrogen (secondary N) is 1. The third kappa shape index (κ3) is 2.90. The van der Waals surface area contributed by atoms with Gasteiger partial charge in [-0.1, -0.05) is 12.1 Å². The van der Waals surface area contributed by atoms with E-state index in [0.29, 0.717) is 32.6 Å². The highest BCUT2D eigenvalue weighted by Gasteiger charge is 2.29. The fraction of sp³-hybridized carbons (Fsp3) is 0.538. The van der Waals surface area contributed by atoms with E-state index < -0.39 is 5.60 Å². The lowest BCUT2D eigenvalue weighted by molar-refractivity contribution is -0.0543. The number of nitrogens with two attached hydrogens (primary N) is 1. The molecule has 1 aromatic rings. The zero-order chi connectivity index (χ0) is 12.3. The van der Waals surface area contributed by atoms with Gasteiger partial charge in [-0.3, -0.25) is 0 Å². The van der Waals surface area contributed by atoms with E-state index in [2.05, 4.69) is 5.32 Å². The Morgan fingerprint density at radius 1 is 1.41 bits per heavy atom. The van der Waals surface area contributed by atoms with E-state index in [-0.39, 0.29) is 0 Å². The van der Waals surface area contributed by atoms with E-state index in [1.165, 1.54) is 0 Å². The highest BCUT2D eigenvalue weighted by Crippen LogP contribution is 2.26. The van der Waals surface area contributed by atoms with Crippen LogP contribution in [0.5, 0.6) is 0 Å². The summed E-state index contributed by atoms with van der Waals surface area (Å²) in [7, 11) is 0. The van der Waals surface area contributed by atoms with E-state index in [1.807, 2.05) is 25.1 Å². The summed E-state index contributed by atoms with van der Waals surface area (Å²) in [5.74, 6) is 0. The highest BCUT2D eigenvalue weighted by atomic mass is 16.5. The van der Waals surface area contributed by atoms with Crippen LogP contribution in [0.2, 0.25) is 0 Å². The Balaban J connectivity index is 2.02.